The average molecular weight is 437 g/mol. The van der Waals surface area contributed by atoms with Crippen LogP contribution in [0.3, 0.4) is 0 Å². The number of nitrogens with zero attached hydrogens (tertiary/aromatic N) is 5. The highest BCUT2D eigenvalue weighted by molar-refractivity contribution is 7.15. The third-order valence-electron chi connectivity index (χ3n) is 5.42. The van der Waals surface area contributed by atoms with Gasteiger partial charge < -0.3 is 10.2 Å². The molecule has 0 saturated carbocycles. The number of carbonyl (C=O) groups excluding carboxylic acids is 1. The summed E-state index contributed by atoms with van der Waals surface area (Å²) in [6.07, 6.45) is 3.83. The number of thiazole rings is 1. The molecule has 0 bridgehead atoms. The van der Waals surface area contributed by atoms with Gasteiger partial charge in [-0.2, -0.15) is 0 Å². The summed E-state index contributed by atoms with van der Waals surface area (Å²) in [4.78, 5) is 31.9. The van der Waals surface area contributed by atoms with Gasteiger partial charge in [0.15, 0.2) is 5.13 Å². The van der Waals surface area contributed by atoms with Crippen molar-refractivity contribution in [1.29, 1.82) is 0 Å². The third-order valence-corrected chi connectivity index (χ3v) is 6.24. The van der Waals surface area contributed by atoms with Gasteiger partial charge in [-0.1, -0.05) is 30.3 Å². The van der Waals surface area contributed by atoms with E-state index >= 15 is 0 Å². The van der Waals surface area contributed by atoms with Crippen LogP contribution in [0.5, 0.6) is 0 Å². The Morgan fingerprint density at radius 3 is 2.81 bits per heavy atom. The number of nitrogens with one attached hydrogen (secondary N) is 1. The Bertz CT molecular complexity index is 1040. The van der Waals surface area contributed by atoms with Gasteiger partial charge in [0.25, 0.3) is 0 Å². The Balaban J connectivity index is 1.44. The summed E-state index contributed by atoms with van der Waals surface area (Å²) < 4.78 is 0. The molecule has 0 radical (unpaired) electrons. The molecule has 1 atom stereocenters. The molecule has 162 valence electrons. The first-order chi connectivity index (χ1) is 15.0. The van der Waals surface area contributed by atoms with Crippen LogP contribution in [0.1, 0.15) is 40.8 Å². The van der Waals surface area contributed by atoms with Crippen LogP contribution in [0.4, 0.5) is 10.9 Å². The SMILES string of the molecule is Cc1cc(Nc2ncc(C)s2)nc(C2CCCN2CC(=O)N(C)Cc2ccccc2)n1. The molecule has 2 aromatic heterocycles. The molecule has 1 unspecified atom stereocenters. The summed E-state index contributed by atoms with van der Waals surface area (Å²) in [7, 11) is 1.86. The molecule has 1 N–H and O–H groups in total. The number of anilines is 2. The van der Waals surface area contributed by atoms with Gasteiger partial charge in [0.2, 0.25) is 5.91 Å². The van der Waals surface area contributed by atoms with E-state index in [9.17, 15) is 4.79 Å². The van der Waals surface area contributed by atoms with E-state index in [1.54, 1.807) is 16.2 Å². The first-order valence-corrected chi connectivity index (χ1v) is 11.4. The van der Waals surface area contributed by atoms with Gasteiger partial charge in [0, 0.05) is 36.4 Å². The van der Waals surface area contributed by atoms with Gasteiger partial charge in [-0.05, 0) is 38.8 Å². The number of amides is 1. The van der Waals surface area contributed by atoms with E-state index in [1.165, 1.54) is 0 Å². The van der Waals surface area contributed by atoms with E-state index in [0.29, 0.717) is 13.1 Å². The van der Waals surface area contributed by atoms with Crippen LogP contribution in [-0.4, -0.2) is 50.8 Å². The number of benzene rings is 1. The lowest BCUT2D eigenvalue weighted by molar-refractivity contribution is -0.131. The van der Waals surface area contributed by atoms with Crippen molar-refractivity contribution in [3.05, 3.63) is 64.6 Å². The molecule has 7 nitrogen and oxygen atoms in total. The van der Waals surface area contributed by atoms with Gasteiger partial charge in [-0.25, -0.2) is 15.0 Å². The zero-order valence-corrected chi connectivity index (χ0v) is 19.0. The maximum Gasteiger partial charge on any atom is 0.236 e. The van der Waals surface area contributed by atoms with E-state index < -0.39 is 0 Å². The summed E-state index contributed by atoms with van der Waals surface area (Å²) in [5, 5.41) is 4.11. The van der Waals surface area contributed by atoms with Crippen LogP contribution in [0.2, 0.25) is 0 Å². The van der Waals surface area contributed by atoms with Gasteiger partial charge >= 0.3 is 0 Å². The molecule has 0 aliphatic carbocycles. The molecule has 0 spiro atoms. The van der Waals surface area contributed by atoms with E-state index in [1.807, 2.05) is 63.5 Å². The van der Waals surface area contributed by atoms with Gasteiger partial charge in [0.05, 0.1) is 12.6 Å². The number of carbonyl (C=O) groups is 1. The molecular weight excluding hydrogens is 408 g/mol. The molecule has 3 heterocycles. The molecule has 1 amide bonds. The highest BCUT2D eigenvalue weighted by atomic mass is 32.1. The summed E-state index contributed by atoms with van der Waals surface area (Å²) >= 11 is 1.60. The Morgan fingerprint density at radius 2 is 2.06 bits per heavy atom. The maximum atomic E-state index is 12.9. The summed E-state index contributed by atoms with van der Waals surface area (Å²) in [5.41, 5.74) is 2.03. The lowest BCUT2D eigenvalue weighted by Crippen LogP contribution is -2.38. The van der Waals surface area contributed by atoms with E-state index in [4.69, 9.17) is 9.97 Å². The van der Waals surface area contributed by atoms with Crippen molar-refractivity contribution in [2.75, 3.05) is 25.5 Å². The molecule has 1 fully saturated rings. The van der Waals surface area contributed by atoms with Crippen molar-refractivity contribution in [1.82, 2.24) is 24.8 Å². The maximum absolute atomic E-state index is 12.9. The van der Waals surface area contributed by atoms with E-state index in [-0.39, 0.29) is 11.9 Å². The Kier molecular flexibility index (Phi) is 6.58. The highest BCUT2D eigenvalue weighted by Gasteiger charge is 2.31. The first kappa shape index (κ1) is 21.4. The molecule has 1 aliphatic heterocycles. The van der Waals surface area contributed by atoms with Gasteiger partial charge in [-0.15, -0.1) is 11.3 Å². The minimum Gasteiger partial charge on any atom is -0.340 e. The van der Waals surface area contributed by atoms with Crippen molar-refractivity contribution in [3.63, 3.8) is 0 Å². The largest absolute Gasteiger partial charge is 0.340 e. The summed E-state index contributed by atoms with van der Waals surface area (Å²) in [6.45, 7) is 5.87. The van der Waals surface area contributed by atoms with Crippen molar-refractivity contribution >= 4 is 28.2 Å². The zero-order chi connectivity index (χ0) is 21.8. The quantitative estimate of drug-likeness (QED) is 0.601. The Labute approximate surface area is 187 Å². The predicted molar refractivity (Wildman–Crippen MR) is 123 cm³/mol. The standard InChI is InChI=1S/C23H28N6OS/c1-16-12-20(27-23-24-13-17(2)31-23)26-22(25-16)19-10-7-11-29(19)15-21(30)28(3)14-18-8-5-4-6-9-18/h4-6,8-9,12-13,19H,7,10-11,14-15H2,1-3H3,(H,24,25,26,27). The first-order valence-electron chi connectivity index (χ1n) is 10.5. The number of aromatic nitrogens is 3. The fraction of sp³-hybridized carbons (Fsp3) is 0.391. The van der Waals surface area contributed by atoms with Crippen LogP contribution in [-0.2, 0) is 11.3 Å². The Morgan fingerprint density at radius 1 is 1.26 bits per heavy atom. The van der Waals surface area contributed by atoms with Crippen LogP contribution in [0.25, 0.3) is 0 Å². The van der Waals surface area contributed by atoms with Crippen LogP contribution >= 0.6 is 11.3 Å². The third kappa shape index (κ3) is 5.45. The van der Waals surface area contributed by atoms with Crippen LogP contribution in [0.15, 0.2) is 42.6 Å². The topological polar surface area (TPSA) is 74.2 Å². The number of hydrogen-bond acceptors (Lipinski definition) is 7. The fourth-order valence-electron chi connectivity index (χ4n) is 3.87. The van der Waals surface area contributed by atoms with Crippen molar-refractivity contribution < 1.29 is 4.79 Å². The predicted octanol–water partition coefficient (Wildman–Crippen LogP) is 4.09. The molecule has 1 saturated heterocycles. The number of rotatable bonds is 7. The van der Waals surface area contributed by atoms with E-state index in [0.717, 1.165) is 52.3 Å². The minimum absolute atomic E-state index is 0.0487. The Hall–Kier alpha value is -2.84. The number of likely N-dealkylation sites (N-methyl/N-ethyl adjacent to an activating group) is 1. The van der Waals surface area contributed by atoms with Gasteiger partial charge in [-0.3, -0.25) is 9.69 Å². The smallest absolute Gasteiger partial charge is 0.236 e. The van der Waals surface area contributed by atoms with Crippen molar-refractivity contribution in [2.24, 2.45) is 0 Å². The monoisotopic (exact) mass is 436 g/mol. The number of aryl methyl sites for hydroxylation is 2. The zero-order valence-electron chi connectivity index (χ0n) is 18.2. The minimum atomic E-state index is 0.0487. The number of likely N-dealkylation sites (tertiary alicyclic amines) is 1. The second-order valence-corrected chi connectivity index (χ2v) is 9.25. The summed E-state index contributed by atoms with van der Waals surface area (Å²) in [6, 6.07) is 12.0. The molecule has 8 heteroatoms. The van der Waals surface area contributed by atoms with Crippen LogP contribution in [0, 0.1) is 13.8 Å². The van der Waals surface area contributed by atoms with Crippen LogP contribution < -0.4 is 5.32 Å². The molecule has 1 aromatic carbocycles. The molecule has 3 aromatic rings. The second kappa shape index (κ2) is 9.53. The molecule has 31 heavy (non-hydrogen) atoms. The second-order valence-electron chi connectivity index (χ2n) is 8.02. The fourth-order valence-corrected chi connectivity index (χ4v) is 4.55. The summed E-state index contributed by atoms with van der Waals surface area (Å²) in [5.74, 6) is 1.63. The normalized spacial score (nSPS) is 16.4. The molecule has 4 rings (SSSR count). The number of hydrogen-bond donors (Lipinski definition) is 1. The van der Waals surface area contributed by atoms with Crippen molar-refractivity contribution in [3.8, 4) is 0 Å². The average Bonchev–Trinajstić information content (AvgIpc) is 3.37. The molecule has 1 aliphatic rings. The lowest BCUT2D eigenvalue weighted by Gasteiger charge is -2.26. The highest BCUT2D eigenvalue weighted by Crippen LogP contribution is 2.31. The van der Waals surface area contributed by atoms with Gasteiger partial charge in [0.1, 0.15) is 11.6 Å². The van der Waals surface area contributed by atoms with Crippen molar-refractivity contribution in [2.45, 2.75) is 39.3 Å². The van der Waals surface area contributed by atoms with E-state index in [2.05, 4.69) is 15.2 Å². The molecular formula is C23H28N6OS. The lowest BCUT2D eigenvalue weighted by atomic mass is 10.2.